The Bertz CT molecular complexity index is 1320. The van der Waals surface area contributed by atoms with E-state index in [2.05, 4.69) is 10.3 Å². The van der Waals surface area contributed by atoms with Gasteiger partial charge in [-0.1, -0.05) is 36.4 Å². The molecule has 8 nitrogen and oxygen atoms in total. The molecule has 0 aliphatic carbocycles. The zero-order chi connectivity index (χ0) is 24.7. The standard InChI is InChI=1S/C28H27N5O3/c34-27(31-16-18-32(19-17-31)28(35)30-23-6-2-1-3-7-23)14-11-22-9-12-25(13-10-22)36-21-24-20-33-15-5-4-8-26(33)29-24/h1-15,20H,16-19,21H2,(H,30,35). The van der Waals surface area contributed by atoms with Crippen LogP contribution in [-0.4, -0.2) is 57.3 Å². The van der Waals surface area contributed by atoms with Gasteiger partial charge >= 0.3 is 6.03 Å². The van der Waals surface area contributed by atoms with E-state index in [1.165, 1.54) is 0 Å². The molecule has 0 radical (unpaired) electrons. The van der Waals surface area contributed by atoms with Crippen LogP contribution in [0.5, 0.6) is 5.75 Å². The lowest BCUT2D eigenvalue weighted by Gasteiger charge is -2.34. The van der Waals surface area contributed by atoms with Gasteiger partial charge in [-0.15, -0.1) is 0 Å². The summed E-state index contributed by atoms with van der Waals surface area (Å²) in [5.74, 6) is 0.672. The van der Waals surface area contributed by atoms with Crippen molar-refractivity contribution in [3.8, 4) is 5.75 Å². The third-order valence-corrected chi connectivity index (χ3v) is 6.00. The summed E-state index contributed by atoms with van der Waals surface area (Å²) >= 11 is 0. The second-order valence-electron chi connectivity index (χ2n) is 8.50. The van der Waals surface area contributed by atoms with Gasteiger partial charge in [-0.05, 0) is 48.0 Å². The Morgan fingerprint density at radius 3 is 2.36 bits per heavy atom. The van der Waals surface area contributed by atoms with Crippen molar-refractivity contribution in [3.63, 3.8) is 0 Å². The Hall–Kier alpha value is -4.59. The molecular formula is C28H27N5O3. The van der Waals surface area contributed by atoms with Crippen LogP contribution in [0.1, 0.15) is 11.3 Å². The Labute approximate surface area is 209 Å². The van der Waals surface area contributed by atoms with Crippen LogP contribution < -0.4 is 10.1 Å². The second kappa shape index (κ2) is 10.8. The van der Waals surface area contributed by atoms with Gasteiger partial charge in [0.2, 0.25) is 5.91 Å². The number of hydrogen-bond acceptors (Lipinski definition) is 4. The number of carbonyl (C=O) groups is 2. The molecule has 0 atom stereocenters. The smallest absolute Gasteiger partial charge is 0.321 e. The average molecular weight is 482 g/mol. The summed E-state index contributed by atoms with van der Waals surface area (Å²) in [4.78, 5) is 33.1. The first-order valence-electron chi connectivity index (χ1n) is 11.9. The van der Waals surface area contributed by atoms with Crippen LogP contribution in [0.4, 0.5) is 10.5 Å². The summed E-state index contributed by atoms with van der Waals surface area (Å²) in [5.41, 5.74) is 3.41. The highest BCUT2D eigenvalue weighted by Crippen LogP contribution is 2.16. The number of benzene rings is 2. The molecule has 2 aromatic heterocycles. The fourth-order valence-electron chi connectivity index (χ4n) is 4.02. The highest BCUT2D eigenvalue weighted by Gasteiger charge is 2.23. The zero-order valence-corrected chi connectivity index (χ0v) is 19.8. The molecule has 8 heteroatoms. The third kappa shape index (κ3) is 5.72. The van der Waals surface area contributed by atoms with Crippen molar-refractivity contribution in [3.05, 3.63) is 103 Å². The molecule has 5 rings (SSSR count). The minimum atomic E-state index is -0.146. The molecule has 0 saturated carbocycles. The number of amides is 3. The van der Waals surface area contributed by atoms with Crippen LogP contribution >= 0.6 is 0 Å². The molecular weight excluding hydrogens is 454 g/mol. The molecule has 3 amide bonds. The number of hydrogen-bond donors (Lipinski definition) is 1. The van der Waals surface area contributed by atoms with Crippen LogP contribution in [-0.2, 0) is 11.4 Å². The van der Waals surface area contributed by atoms with Crippen LogP contribution in [0.25, 0.3) is 11.7 Å². The molecule has 2 aromatic carbocycles. The number of nitrogens with zero attached hydrogens (tertiary/aromatic N) is 4. The van der Waals surface area contributed by atoms with E-state index in [0.29, 0.717) is 32.8 Å². The Morgan fingerprint density at radius 1 is 0.889 bits per heavy atom. The van der Waals surface area contributed by atoms with Gasteiger partial charge in [0.05, 0.1) is 5.69 Å². The predicted octanol–water partition coefficient (Wildman–Crippen LogP) is 4.30. The molecule has 1 N–H and O–H groups in total. The number of ether oxygens (including phenoxy) is 1. The van der Waals surface area contributed by atoms with E-state index in [9.17, 15) is 9.59 Å². The molecule has 1 aliphatic rings. The summed E-state index contributed by atoms with van der Waals surface area (Å²) in [5, 5.41) is 2.89. The minimum absolute atomic E-state index is 0.0645. The van der Waals surface area contributed by atoms with Crippen LogP contribution in [0.3, 0.4) is 0 Å². The molecule has 3 heterocycles. The Balaban J connectivity index is 1.08. The van der Waals surface area contributed by atoms with Crippen molar-refractivity contribution in [2.24, 2.45) is 0 Å². The maximum atomic E-state index is 12.6. The molecule has 0 spiro atoms. The number of anilines is 1. The first kappa shape index (κ1) is 23.2. The van der Waals surface area contributed by atoms with Crippen LogP contribution in [0, 0.1) is 0 Å². The van der Waals surface area contributed by atoms with Gasteiger partial charge in [-0.2, -0.15) is 0 Å². The van der Waals surface area contributed by atoms with Gasteiger partial charge in [0.25, 0.3) is 0 Å². The minimum Gasteiger partial charge on any atom is -0.487 e. The lowest BCUT2D eigenvalue weighted by atomic mass is 10.2. The quantitative estimate of drug-likeness (QED) is 0.417. The van der Waals surface area contributed by atoms with Gasteiger partial charge in [0.15, 0.2) is 0 Å². The van der Waals surface area contributed by atoms with Gasteiger partial charge < -0.3 is 24.3 Å². The topological polar surface area (TPSA) is 79.2 Å². The Kier molecular flexibility index (Phi) is 6.93. The highest BCUT2D eigenvalue weighted by molar-refractivity contribution is 5.92. The predicted molar refractivity (Wildman–Crippen MR) is 139 cm³/mol. The monoisotopic (exact) mass is 481 g/mol. The normalized spacial score (nSPS) is 13.8. The molecule has 4 aromatic rings. The summed E-state index contributed by atoms with van der Waals surface area (Å²) in [6.45, 7) is 2.38. The number of urea groups is 1. The molecule has 0 unspecified atom stereocenters. The van der Waals surface area contributed by atoms with Crippen LogP contribution in [0.15, 0.2) is 91.3 Å². The number of piperazine rings is 1. The lowest BCUT2D eigenvalue weighted by Crippen LogP contribution is -2.51. The van der Waals surface area contributed by atoms with Crippen molar-refractivity contribution in [2.45, 2.75) is 6.61 Å². The van der Waals surface area contributed by atoms with Crippen molar-refractivity contribution >= 4 is 29.3 Å². The highest BCUT2D eigenvalue weighted by atomic mass is 16.5. The number of fused-ring (bicyclic) bond motifs is 1. The summed E-state index contributed by atoms with van der Waals surface area (Å²) in [7, 11) is 0. The number of pyridine rings is 1. The second-order valence-corrected chi connectivity index (χ2v) is 8.50. The summed E-state index contributed by atoms with van der Waals surface area (Å²) in [6.07, 6.45) is 7.28. The first-order valence-corrected chi connectivity index (χ1v) is 11.9. The van der Waals surface area contributed by atoms with Crippen molar-refractivity contribution in [2.75, 3.05) is 31.5 Å². The van der Waals surface area contributed by atoms with Gasteiger partial charge in [0, 0.05) is 50.3 Å². The van der Waals surface area contributed by atoms with Crippen molar-refractivity contribution in [1.82, 2.24) is 19.2 Å². The summed E-state index contributed by atoms with van der Waals surface area (Å²) < 4.78 is 7.81. The zero-order valence-electron chi connectivity index (χ0n) is 19.8. The maximum absolute atomic E-state index is 12.6. The van der Waals surface area contributed by atoms with E-state index in [0.717, 1.165) is 28.3 Å². The molecule has 1 fully saturated rings. The van der Waals surface area contributed by atoms with E-state index < -0.39 is 0 Å². The fourth-order valence-corrected chi connectivity index (χ4v) is 4.02. The SMILES string of the molecule is O=C(C=Cc1ccc(OCc2cn3ccccc3n2)cc1)N1CCN(C(=O)Nc2ccccc2)CC1. The van der Waals surface area contributed by atoms with Crippen molar-refractivity contribution in [1.29, 1.82) is 0 Å². The van der Waals surface area contributed by atoms with Crippen molar-refractivity contribution < 1.29 is 14.3 Å². The number of rotatable bonds is 6. The molecule has 36 heavy (non-hydrogen) atoms. The average Bonchev–Trinajstić information content (AvgIpc) is 3.35. The molecule has 1 aliphatic heterocycles. The number of aromatic nitrogens is 2. The molecule has 1 saturated heterocycles. The van der Waals surface area contributed by atoms with Gasteiger partial charge in [-0.3, -0.25) is 4.79 Å². The van der Waals surface area contributed by atoms with E-state index in [-0.39, 0.29) is 11.9 Å². The number of carbonyl (C=O) groups excluding carboxylic acids is 2. The molecule has 0 bridgehead atoms. The number of para-hydroxylation sites is 1. The van der Waals surface area contributed by atoms with E-state index in [4.69, 9.17) is 4.74 Å². The van der Waals surface area contributed by atoms with E-state index in [1.54, 1.807) is 22.0 Å². The maximum Gasteiger partial charge on any atom is 0.321 e. The fraction of sp³-hybridized carbons (Fsp3) is 0.179. The number of nitrogens with one attached hydrogen (secondary N) is 1. The van der Waals surface area contributed by atoms with Gasteiger partial charge in [0.1, 0.15) is 18.0 Å². The van der Waals surface area contributed by atoms with E-state index in [1.807, 2.05) is 89.6 Å². The molecule has 182 valence electrons. The Morgan fingerprint density at radius 2 is 1.61 bits per heavy atom. The largest absolute Gasteiger partial charge is 0.487 e. The first-order chi connectivity index (χ1) is 17.6. The van der Waals surface area contributed by atoms with Crippen LogP contribution in [0.2, 0.25) is 0 Å². The van der Waals surface area contributed by atoms with E-state index >= 15 is 0 Å². The number of imidazole rings is 1. The third-order valence-electron chi connectivity index (χ3n) is 6.00. The lowest BCUT2D eigenvalue weighted by molar-refractivity contribution is -0.127. The van der Waals surface area contributed by atoms with Gasteiger partial charge in [-0.25, -0.2) is 9.78 Å². The summed E-state index contributed by atoms with van der Waals surface area (Å²) in [6, 6.07) is 22.7.